The molecule has 0 aliphatic carbocycles. The third kappa shape index (κ3) is 2.59. The van der Waals surface area contributed by atoms with Crippen LogP contribution in [-0.4, -0.2) is 27.6 Å². The summed E-state index contributed by atoms with van der Waals surface area (Å²) in [4.78, 5) is 15.3. The van der Waals surface area contributed by atoms with E-state index in [4.69, 9.17) is 6.42 Å². The molecule has 5 heteroatoms. The molecular formula is C9H12N4O. The minimum Gasteiger partial charge on any atom is -0.338 e. The molecule has 74 valence electrons. The van der Waals surface area contributed by atoms with Gasteiger partial charge in [0, 0.05) is 6.42 Å². The van der Waals surface area contributed by atoms with Gasteiger partial charge in [-0.2, -0.15) is 0 Å². The fourth-order valence-corrected chi connectivity index (χ4v) is 0.956. The number of hydrogen-bond donors (Lipinski definition) is 2. The van der Waals surface area contributed by atoms with Crippen LogP contribution in [0.2, 0.25) is 0 Å². The van der Waals surface area contributed by atoms with Crippen molar-refractivity contribution in [2.24, 2.45) is 0 Å². The minimum absolute atomic E-state index is 0.142. The van der Waals surface area contributed by atoms with Crippen LogP contribution in [0.25, 0.3) is 0 Å². The molecule has 0 aromatic carbocycles. The Morgan fingerprint density at radius 1 is 1.71 bits per heavy atom. The molecule has 1 rings (SSSR count). The number of rotatable bonds is 4. The van der Waals surface area contributed by atoms with Gasteiger partial charge in [-0.05, 0) is 6.42 Å². The highest BCUT2D eigenvalue weighted by Crippen LogP contribution is 1.95. The molecule has 0 radical (unpaired) electrons. The summed E-state index contributed by atoms with van der Waals surface area (Å²) in [5, 5.41) is 8.95. The maximum absolute atomic E-state index is 11.3. The van der Waals surface area contributed by atoms with Crippen molar-refractivity contribution in [3.8, 4) is 12.3 Å². The Morgan fingerprint density at radius 2 is 2.50 bits per heavy atom. The number of amides is 1. The Hall–Kier alpha value is -1.83. The van der Waals surface area contributed by atoms with Crippen LogP contribution in [0.4, 0.5) is 0 Å². The van der Waals surface area contributed by atoms with Crippen LogP contribution in [0, 0.1) is 12.3 Å². The van der Waals surface area contributed by atoms with Gasteiger partial charge in [0.15, 0.2) is 0 Å². The molecule has 0 saturated carbocycles. The minimum atomic E-state index is -0.346. The highest BCUT2D eigenvalue weighted by atomic mass is 16.2. The fourth-order valence-electron chi connectivity index (χ4n) is 0.956. The van der Waals surface area contributed by atoms with Gasteiger partial charge in [-0.1, -0.05) is 12.8 Å². The first kappa shape index (κ1) is 10.3. The first-order valence-electron chi connectivity index (χ1n) is 4.40. The molecule has 0 bridgehead atoms. The van der Waals surface area contributed by atoms with Crippen LogP contribution in [0.5, 0.6) is 0 Å². The second-order valence-corrected chi connectivity index (χ2v) is 2.74. The number of aryl methyl sites for hydroxylation is 1. The molecule has 0 fully saturated rings. The molecule has 2 N–H and O–H groups in total. The summed E-state index contributed by atoms with van der Waals surface area (Å²) in [6, 6.07) is 0. The largest absolute Gasteiger partial charge is 0.338 e. The average molecular weight is 192 g/mol. The smallest absolute Gasteiger partial charge is 0.291 e. The summed E-state index contributed by atoms with van der Waals surface area (Å²) in [5.74, 6) is 2.82. The van der Waals surface area contributed by atoms with Crippen LogP contribution >= 0.6 is 0 Å². The van der Waals surface area contributed by atoms with Crippen LogP contribution in [-0.2, 0) is 6.42 Å². The lowest BCUT2D eigenvalue weighted by atomic mass is 10.3. The molecule has 0 aliphatic heterocycles. The second-order valence-electron chi connectivity index (χ2n) is 2.74. The zero-order chi connectivity index (χ0) is 10.4. The van der Waals surface area contributed by atoms with E-state index < -0.39 is 0 Å². The van der Waals surface area contributed by atoms with Crippen molar-refractivity contribution in [1.82, 2.24) is 20.5 Å². The zero-order valence-electron chi connectivity index (χ0n) is 8.00. The Kier molecular flexibility index (Phi) is 3.68. The molecule has 5 nitrogen and oxygen atoms in total. The molecule has 0 saturated heterocycles. The van der Waals surface area contributed by atoms with Crippen LogP contribution < -0.4 is 5.32 Å². The molecule has 0 unspecified atom stereocenters. The lowest BCUT2D eigenvalue weighted by molar-refractivity contribution is 0.0948. The molecule has 0 spiro atoms. The van der Waals surface area contributed by atoms with E-state index in [1.165, 1.54) is 0 Å². The number of hydrogen-bond acceptors (Lipinski definition) is 3. The standard InChI is InChI=1S/C9H12N4O/c1-3-5-7-11-8(13-12-7)9(14)10-6-4-2/h2H,3,5-6H2,1H3,(H,10,14)(H,11,12,13). The highest BCUT2D eigenvalue weighted by molar-refractivity contribution is 5.90. The molecule has 1 aromatic rings. The van der Waals surface area contributed by atoms with E-state index in [9.17, 15) is 4.79 Å². The molecule has 1 amide bonds. The summed E-state index contributed by atoms with van der Waals surface area (Å²) in [6.07, 6.45) is 6.74. The van der Waals surface area contributed by atoms with Crippen molar-refractivity contribution < 1.29 is 4.79 Å². The van der Waals surface area contributed by atoms with Crippen LogP contribution in [0.1, 0.15) is 29.8 Å². The predicted molar refractivity (Wildman–Crippen MR) is 51.5 cm³/mol. The van der Waals surface area contributed by atoms with Gasteiger partial charge in [0.05, 0.1) is 6.54 Å². The van der Waals surface area contributed by atoms with Gasteiger partial charge >= 0.3 is 0 Å². The van der Waals surface area contributed by atoms with E-state index in [1.54, 1.807) is 0 Å². The third-order valence-corrected chi connectivity index (χ3v) is 1.57. The van der Waals surface area contributed by atoms with E-state index in [1.807, 2.05) is 6.92 Å². The average Bonchev–Trinajstić information content (AvgIpc) is 2.63. The van der Waals surface area contributed by atoms with Crippen LogP contribution in [0.3, 0.4) is 0 Å². The molecule has 1 heterocycles. The number of aromatic amines is 1. The fraction of sp³-hybridized carbons (Fsp3) is 0.444. The first-order valence-corrected chi connectivity index (χ1v) is 4.40. The van der Waals surface area contributed by atoms with E-state index in [2.05, 4.69) is 26.4 Å². The molecule has 0 atom stereocenters. The number of carbonyl (C=O) groups excluding carboxylic acids is 1. The lowest BCUT2D eigenvalue weighted by Crippen LogP contribution is -2.24. The van der Waals surface area contributed by atoms with Crippen molar-refractivity contribution in [1.29, 1.82) is 0 Å². The molecule has 0 aliphatic rings. The maximum atomic E-state index is 11.3. The summed E-state index contributed by atoms with van der Waals surface area (Å²) >= 11 is 0. The van der Waals surface area contributed by atoms with E-state index >= 15 is 0 Å². The predicted octanol–water partition coefficient (Wildman–Crippen LogP) is 0.120. The molecule has 14 heavy (non-hydrogen) atoms. The quantitative estimate of drug-likeness (QED) is 0.666. The molecular weight excluding hydrogens is 180 g/mol. The summed E-state index contributed by atoms with van der Waals surface area (Å²) < 4.78 is 0. The number of nitrogens with zero attached hydrogens (tertiary/aromatic N) is 2. The van der Waals surface area contributed by atoms with Gasteiger partial charge in [0.1, 0.15) is 5.82 Å². The zero-order valence-corrected chi connectivity index (χ0v) is 8.00. The summed E-state index contributed by atoms with van der Waals surface area (Å²) in [6.45, 7) is 2.22. The Morgan fingerprint density at radius 3 is 3.14 bits per heavy atom. The van der Waals surface area contributed by atoms with Crippen molar-refractivity contribution in [2.45, 2.75) is 19.8 Å². The monoisotopic (exact) mass is 192 g/mol. The number of carbonyl (C=O) groups is 1. The van der Waals surface area contributed by atoms with E-state index in [0.29, 0.717) is 0 Å². The second kappa shape index (κ2) is 5.02. The van der Waals surface area contributed by atoms with Crippen molar-refractivity contribution in [3.05, 3.63) is 11.6 Å². The van der Waals surface area contributed by atoms with Gasteiger partial charge in [-0.25, -0.2) is 4.98 Å². The van der Waals surface area contributed by atoms with E-state index in [0.717, 1.165) is 18.7 Å². The SMILES string of the molecule is C#CCNC(=O)c1n[nH]c(CCC)n1. The van der Waals surface area contributed by atoms with Crippen molar-refractivity contribution in [3.63, 3.8) is 0 Å². The Labute approximate surface area is 82.3 Å². The molecule has 1 aromatic heterocycles. The Balaban J connectivity index is 2.58. The number of terminal acetylenes is 1. The van der Waals surface area contributed by atoms with Gasteiger partial charge in [-0.3, -0.25) is 9.89 Å². The third-order valence-electron chi connectivity index (χ3n) is 1.57. The van der Waals surface area contributed by atoms with Crippen molar-refractivity contribution >= 4 is 5.91 Å². The number of H-pyrrole nitrogens is 1. The van der Waals surface area contributed by atoms with Gasteiger partial charge in [0.25, 0.3) is 5.91 Å². The normalized spacial score (nSPS) is 9.43. The Bertz CT molecular complexity index is 350. The van der Waals surface area contributed by atoms with Crippen LogP contribution in [0.15, 0.2) is 0 Å². The summed E-state index contributed by atoms with van der Waals surface area (Å²) in [5.41, 5.74) is 0. The first-order chi connectivity index (χ1) is 6.77. The van der Waals surface area contributed by atoms with Gasteiger partial charge in [0.2, 0.25) is 5.82 Å². The van der Waals surface area contributed by atoms with Crippen molar-refractivity contribution in [2.75, 3.05) is 6.54 Å². The summed E-state index contributed by atoms with van der Waals surface area (Å²) in [7, 11) is 0. The van der Waals surface area contributed by atoms with Gasteiger partial charge in [-0.15, -0.1) is 11.5 Å². The number of aromatic nitrogens is 3. The lowest BCUT2D eigenvalue weighted by Gasteiger charge is -1.94. The highest BCUT2D eigenvalue weighted by Gasteiger charge is 2.10. The maximum Gasteiger partial charge on any atom is 0.291 e. The number of nitrogens with one attached hydrogen (secondary N) is 2. The topological polar surface area (TPSA) is 70.7 Å². The van der Waals surface area contributed by atoms with Gasteiger partial charge < -0.3 is 5.32 Å². The van der Waals surface area contributed by atoms with E-state index in [-0.39, 0.29) is 18.3 Å².